The topological polar surface area (TPSA) is 66.4 Å². The first-order chi connectivity index (χ1) is 8.81. The number of halogens is 3. The first-order valence-corrected chi connectivity index (χ1v) is 6.18. The maximum Gasteiger partial charge on any atom is 0.326 e. The number of amides is 1. The van der Waals surface area contributed by atoms with Crippen molar-refractivity contribution < 1.29 is 23.5 Å². The van der Waals surface area contributed by atoms with Crippen molar-refractivity contribution in [3.8, 4) is 0 Å². The third-order valence-corrected chi connectivity index (χ3v) is 3.04. The van der Waals surface area contributed by atoms with Crippen molar-refractivity contribution >= 4 is 27.8 Å². The second-order valence-electron chi connectivity index (χ2n) is 3.97. The molecule has 104 valence electrons. The number of rotatable bonds is 5. The highest BCUT2D eigenvalue weighted by molar-refractivity contribution is 9.10. The van der Waals surface area contributed by atoms with Gasteiger partial charge in [-0.3, -0.25) is 4.79 Å². The number of carbonyl (C=O) groups excluding carboxylic acids is 1. The van der Waals surface area contributed by atoms with Gasteiger partial charge in [0.2, 0.25) is 6.43 Å². The van der Waals surface area contributed by atoms with E-state index < -0.39 is 30.8 Å². The summed E-state index contributed by atoms with van der Waals surface area (Å²) in [5.74, 6) is -2.20. The SMILES string of the molecule is Cc1ccc(C(=O)NC(CC(F)F)C(=O)O)c(Br)c1. The molecule has 0 heterocycles. The molecule has 0 aliphatic heterocycles. The molecule has 1 aromatic rings. The molecule has 0 saturated heterocycles. The summed E-state index contributed by atoms with van der Waals surface area (Å²) in [6, 6.07) is 3.23. The molecule has 0 fully saturated rings. The largest absolute Gasteiger partial charge is 0.480 e. The molecule has 0 aliphatic rings. The number of hydrogen-bond acceptors (Lipinski definition) is 2. The molecule has 1 amide bonds. The fraction of sp³-hybridized carbons (Fsp3) is 0.333. The van der Waals surface area contributed by atoms with Gasteiger partial charge >= 0.3 is 5.97 Å². The van der Waals surface area contributed by atoms with Crippen LogP contribution >= 0.6 is 15.9 Å². The average molecular weight is 336 g/mol. The minimum Gasteiger partial charge on any atom is -0.480 e. The zero-order valence-corrected chi connectivity index (χ0v) is 11.6. The highest BCUT2D eigenvalue weighted by Crippen LogP contribution is 2.18. The van der Waals surface area contributed by atoms with Crippen molar-refractivity contribution in [3.05, 3.63) is 33.8 Å². The first-order valence-electron chi connectivity index (χ1n) is 5.39. The van der Waals surface area contributed by atoms with Crippen LogP contribution in [-0.2, 0) is 4.79 Å². The third kappa shape index (κ3) is 4.59. The number of carboxylic acid groups (broad SMARTS) is 1. The number of alkyl halides is 2. The summed E-state index contributed by atoms with van der Waals surface area (Å²) in [5.41, 5.74) is 1.11. The standard InChI is InChI=1S/C12H12BrF2NO3/c1-6-2-3-7(8(13)4-6)11(17)16-9(12(18)19)5-10(14)15/h2-4,9-10H,5H2,1H3,(H,16,17)(H,18,19). The lowest BCUT2D eigenvalue weighted by molar-refractivity contribution is -0.140. The van der Waals surface area contributed by atoms with Crippen molar-refractivity contribution in [2.75, 3.05) is 0 Å². The van der Waals surface area contributed by atoms with Crippen LogP contribution in [0.25, 0.3) is 0 Å². The number of nitrogens with one attached hydrogen (secondary N) is 1. The predicted octanol–water partition coefficient (Wildman–Crippen LogP) is 2.60. The van der Waals surface area contributed by atoms with Crippen LogP contribution in [0.15, 0.2) is 22.7 Å². The van der Waals surface area contributed by atoms with Crippen LogP contribution in [0.3, 0.4) is 0 Å². The van der Waals surface area contributed by atoms with E-state index in [1.165, 1.54) is 6.07 Å². The summed E-state index contributed by atoms with van der Waals surface area (Å²) in [5, 5.41) is 10.8. The van der Waals surface area contributed by atoms with Gasteiger partial charge in [-0.25, -0.2) is 13.6 Å². The van der Waals surface area contributed by atoms with Crippen LogP contribution in [0.2, 0.25) is 0 Å². The molecule has 19 heavy (non-hydrogen) atoms. The third-order valence-electron chi connectivity index (χ3n) is 2.39. The van der Waals surface area contributed by atoms with Gasteiger partial charge in [0, 0.05) is 10.9 Å². The zero-order chi connectivity index (χ0) is 14.6. The summed E-state index contributed by atoms with van der Waals surface area (Å²) < 4.78 is 24.9. The van der Waals surface area contributed by atoms with Crippen molar-refractivity contribution in [2.24, 2.45) is 0 Å². The molecule has 0 aromatic heterocycles. The van der Waals surface area contributed by atoms with Gasteiger partial charge in [0.1, 0.15) is 6.04 Å². The van der Waals surface area contributed by atoms with Crippen LogP contribution in [0, 0.1) is 6.92 Å². The zero-order valence-electron chi connectivity index (χ0n) is 9.99. The summed E-state index contributed by atoms with van der Waals surface area (Å²) in [7, 11) is 0. The van der Waals surface area contributed by atoms with Crippen molar-refractivity contribution in [1.82, 2.24) is 5.32 Å². The van der Waals surface area contributed by atoms with E-state index in [-0.39, 0.29) is 5.56 Å². The fourth-order valence-corrected chi connectivity index (χ4v) is 2.11. The van der Waals surface area contributed by atoms with Gasteiger partial charge in [-0.1, -0.05) is 6.07 Å². The molecular weight excluding hydrogens is 324 g/mol. The number of carboxylic acids is 1. The van der Waals surface area contributed by atoms with Crippen LogP contribution < -0.4 is 5.32 Å². The minimum atomic E-state index is -2.80. The molecule has 0 bridgehead atoms. The average Bonchev–Trinajstić information content (AvgIpc) is 2.26. The Labute approximate surface area is 116 Å². The maximum absolute atomic E-state index is 12.2. The minimum absolute atomic E-state index is 0.200. The quantitative estimate of drug-likeness (QED) is 0.869. The summed E-state index contributed by atoms with van der Waals surface area (Å²) in [6.07, 6.45) is -3.73. The molecule has 1 atom stereocenters. The number of aryl methyl sites for hydroxylation is 1. The molecule has 1 unspecified atom stereocenters. The Morgan fingerprint density at radius 3 is 2.53 bits per heavy atom. The normalized spacial score (nSPS) is 12.3. The Bertz CT molecular complexity index is 494. The van der Waals surface area contributed by atoms with Gasteiger partial charge in [-0.2, -0.15) is 0 Å². The Balaban J connectivity index is 2.84. The van der Waals surface area contributed by atoms with E-state index in [4.69, 9.17) is 5.11 Å². The van der Waals surface area contributed by atoms with Crippen molar-refractivity contribution in [1.29, 1.82) is 0 Å². The second kappa shape index (κ2) is 6.60. The van der Waals surface area contributed by atoms with Crippen molar-refractivity contribution in [3.63, 3.8) is 0 Å². The molecule has 4 nitrogen and oxygen atoms in total. The molecule has 2 N–H and O–H groups in total. The molecule has 0 spiro atoms. The second-order valence-corrected chi connectivity index (χ2v) is 4.83. The summed E-state index contributed by atoms with van der Waals surface area (Å²) >= 11 is 3.17. The first kappa shape index (κ1) is 15.6. The van der Waals surface area contributed by atoms with E-state index >= 15 is 0 Å². The van der Waals surface area contributed by atoms with E-state index in [0.29, 0.717) is 4.47 Å². The van der Waals surface area contributed by atoms with E-state index in [0.717, 1.165) is 5.56 Å². The smallest absolute Gasteiger partial charge is 0.326 e. The molecule has 0 saturated carbocycles. The Morgan fingerprint density at radius 1 is 1.42 bits per heavy atom. The van der Waals surface area contributed by atoms with E-state index in [1.807, 2.05) is 6.92 Å². The van der Waals surface area contributed by atoms with Crippen LogP contribution in [0.5, 0.6) is 0 Å². The maximum atomic E-state index is 12.2. The highest BCUT2D eigenvalue weighted by Gasteiger charge is 2.25. The number of aliphatic carboxylic acids is 1. The number of benzene rings is 1. The Morgan fingerprint density at radius 2 is 2.05 bits per heavy atom. The molecule has 1 rings (SSSR count). The van der Waals surface area contributed by atoms with Crippen LogP contribution in [-0.4, -0.2) is 29.5 Å². The van der Waals surface area contributed by atoms with Gasteiger partial charge < -0.3 is 10.4 Å². The highest BCUT2D eigenvalue weighted by atomic mass is 79.9. The number of hydrogen-bond donors (Lipinski definition) is 2. The lowest BCUT2D eigenvalue weighted by Crippen LogP contribution is -2.42. The van der Waals surface area contributed by atoms with Gasteiger partial charge in [-0.15, -0.1) is 0 Å². The molecule has 0 aliphatic carbocycles. The van der Waals surface area contributed by atoms with E-state index in [1.54, 1.807) is 12.1 Å². The summed E-state index contributed by atoms with van der Waals surface area (Å²) in [4.78, 5) is 22.6. The molecule has 0 radical (unpaired) electrons. The fourth-order valence-electron chi connectivity index (χ4n) is 1.44. The monoisotopic (exact) mass is 335 g/mol. The van der Waals surface area contributed by atoms with Crippen LogP contribution in [0.4, 0.5) is 8.78 Å². The Hall–Kier alpha value is -1.50. The van der Waals surface area contributed by atoms with Crippen LogP contribution in [0.1, 0.15) is 22.3 Å². The van der Waals surface area contributed by atoms with Gasteiger partial charge in [0.25, 0.3) is 5.91 Å². The van der Waals surface area contributed by atoms with Crippen molar-refractivity contribution in [2.45, 2.75) is 25.8 Å². The lowest BCUT2D eigenvalue weighted by atomic mass is 10.1. The van der Waals surface area contributed by atoms with E-state index in [2.05, 4.69) is 21.2 Å². The number of carbonyl (C=O) groups is 2. The van der Waals surface area contributed by atoms with Gasteiger partial charge in [0.05, 0.1) is 5.56 Å². The molecule has 7 heteroatoms. The Kier molecular flexibility index (Phi) is 5.41. The van der Waals surface area contributed by atoms with Gasteiger partial charge in [0.15, 0.2) is 0 Å². The molecule has 1 aromatic carbocycles. The van der Waals surface area contributed by atoms with Gasteiger partial charge in [-0.05, 0) is 40.5 Å². The lowest BCUT2D eigenvalue weighted by Gasteiger charge is -2.14. The summed E-state index contributed by atoms with van der Waals surface area (Å²) in [6.45, 7) is 1.82. The molecular formula is C12H12BrF2NO3. The predicted molar refractivity (Wildman–Crippen MR) is 68.4 cm³/mol. The van der Waals surface area contributed by atoms with E-state index in [9.17, 15) is 18.4 Å².